The van der Waals surface area contributed by atoms with Gasteiger partial charge < -0.3 is 5.11 Å². The molecule has 0 fully saturated rings. The van der Waals surface area contributed by atoms with E-state index in [0.29, 0.717) is 0 Å². The molecule has 1 atom stereocenters. The highest BCUT2D eigenvalue weighted by atomic mass is 79.9. The van der Waals surface area contributed by atoms with Crippen LogP contribution in [0.15, 0.2) is 27.6 Å². The van der Waals surface area contributed by atoms with Crippen molar-refractivity contribution in [2.75, 3.05) is 0 Å². The smallest absolute Gasteiger partial charge is 0.322 e. The van der Waals surface area contributed by atoms with Gasteiger partial charge in [-0.1, -0.05) is 29.8 Å². The Hall–Kier alpha value is -0.920. The molecule has 1 aromatic carbocycles. The van der Waals surface area contributed by atoms with Crippen LogP contribution in [0.2, 0.25) is 0 Å². The first-order valence-electron chi connectivity index (χ1n) is 5.66. The van der Waals surface area contributed by atoms with Gasteiger partial charge in [0.15, 0.2) is 0 Å². The second-order valence-corrected chi connectivity index (χ2v) is 7.16. The van der Waals surface area contributed by atoms with Crippen LogP contribution < -0.4 is 4.72 Å². The molecule has 0 spiro atoms. The number of sulfonamides is 1. The minimum atomic E-state index is -3.84. The Morgan fingerprint density at radius 1 is 1.37 bits per heavy atom. The molecule has 0 radical (unpaired) electrons. The van der Waals surface area contributed by atoms with Crippen molar-refractivity contribution in [1.29, 1.82) is 0 Å². The van der Waals surface area contributed by atoms with Crippen molar-refractivity contribution < 1.29 is 18.3 Å². The Bertz CT molecular complexity index is 583. The van der Waals surface area contributed by atoms with E-state index in [0.717, 1.165) is 10.0 Å². The number of aliphatic carboxylic acids is 1. The molecule has 0 amide bonds. The maximum Gasteiger partial charge on any atom is 0.322 e. The largest absolute Gasteiger partial charge is 0.480 e. The first-order valence-corrected chi connectivity index (χ1v) is 7.94. The molecule has 0 aromatic heterocycles. The van der Waals surface area contributed by atoms with Gasteiger partial charge in [-0.3, -0.25) is 4.79 Å². The summed E-state index contributed by atoms with van der Waals surface area (Å²) in [5, 5.41) is 9.02. The molecular weight excluding hydrogens is 334 g/mol. The Kier molecular flexibility index (Phi) is 5.11. The molecule has 5 nitrogen and oxygen atoms in total. The van der Waals surface area contributed by atoms with Gasteiger partial charge in [0.25, 0.3) is 0 Å². The topological polar surface area (TPSA) is 83.5 Å². The molecule has 0 aliphatic rings. The lowest BCUT2D eigenvalue weighted by atomic mass is 10.1. The molecule has 7 heteroatoms. The monoisotopic (exact) mass is 349 g/mol. The van der Waals surface area contributed by atoms with Crippen LogP contribution in [0.25, 0.3) is 0 Å². The molecule has 106 valence electrons. The van der Waals surface area contributed by atoms with Crippen LogP contribution in [-0.2, 0) is 14.8 Å². The fourth-order valence-corrected chi connectivity index (χ4v) is 3.16. The normalized spacial score (nSPS) is 13.5. The number of benzene rings is 1. The van der Waals surface area contributed by atoms with Crippen LogP contribution >= 0.6 is 15.9 Å². The second-order valence-electron chi connectivity index (χ2n) is 4.59. The SMILES string of the molecule is Cc1cc(S(=O)(=O)N[C@@H](C(=O)O)C(C)C)ccc1Br. The van der Waals surface area contributed by atoms with Crippen LogP contribution in [-0.4, -0.2) is 25.5 Å². The number of carboxylic acids is 1. The van der Waals surface area contributed by atoms with Gasteiger partial charge in [-0.15, -0.1) is 0 Å². The van der Waals surface area contributed by atoms with E-state index < -0.39 is 22.0 Å². The average molecular weight is 350 g/mol. The number of hydrogen-bond donors (Lipinski definition) is 2. The molecule has 0 saturated heterocycles. The maximum atomic E-state index is 12.1. The highest BCUT2D eigenvalue weighted by Gasteiger charge is 2.28. The Labute approximate surface area is 121 Å². The van der Waals surface area contributed by atoms with Crippen LogP contribution in [0.5, 0.6) is 0 Å². The fourth-order valence-electron chi connectivity index (χ4n) is 1.49. The van der Waals surface area contributed by atoms with Crippen molar-refractivity contribution in [2.24, 2.45) is 5.92 Å². The molecule has 0 unspecified atom stereocenters. The number of carbonyl (C=O) groups is 1. The molecular formula is C12H16BrNO4S. The summed E-state index contributed by atoms with van der Waals surface area (Å²) in [6.07, 6.45) is 0. The third kappa shape index (κ3) is 4.02. The van der Waals surface area contributed by atoms with Gasteiger partial charge in [-0.25, -0.2) is 8.42 Å². The minimum Gasteiger partial charge on any atom is -0.480 e. The first kappa shape index (κ1) is 16.1. The zero-order chi connectivity index (χ0) is 14.8. The summed E-state index contributed by atoms with van der Waals surface area (Å²) in [5.74, 6) is -1.53. The number of hydrogen-bond acceptors (Lipinski definition) is 3. The lowest BCUT2D eigenvalue weighted by molar-refractivity contribution is -0.140. The van der Waals surface area contributed by atoms with E-state index in [-0.39, 0.29) is 10.8 Å². The fraction of sp³-hybridized carbons (Fsp3) is 0.417. The van der Waals surface area contributed by atoms with Crippen molar-refractivity contribution >= 4 is 31.9 Å². The number of rotatable bonds is 5. The van der Waals surface area contributed by atoms with Gasteiger partial charge in [-0.2, -0.15) is 4.72 Å². The van der Waals surface area contributed by atoms with E-state index in [9.17, 15) is 13.2 Å². The van der Waals surface area contributed by atoms with Gasteiger partial charge >= 0.3 is 5.97 Å². The summed E-state index contributed by atoms with van der Waals surface area (Å²) in [6, 6.07) is 3.40. The molecule has 1 aromatic rings. The van der Waals surface area contributed by atoms with Crippen molar-refractivity contribution in [3.8, 4) is 0 Å². The van der Waals surface area contributed by atoms with Crippen molar-refractivity contribution in [3.05, 3.63) is 28.2 Å². The zero-order valence-electron chi connectivity index (χ0n) is 10.8. The Morgan fingerprint density at radius 3 is 2.37 bits per heavy atom. The summed E-state index contributed by atoms with van der Waals surface area (Å²) in [7, 11) is -3.84. The number of halogens is 1. The Balaban J connectivity index is 3.10. The van der Waals surface area contributed by atoms with Gasteiger partial charge in [0.1, 0.15) is 6.04 Å². The second kappa shape index (κ2) is 6.02. The number of aryl methyl sites for hydroxylation is 1. The van der Waals surface area contributed by atoms with E-state index in [4.69, 9.17) is 5.11 Å². The molecule has 19 heavy (non-hydrogen) atoms. The van der Waals surface area contributed by atoms with Crippen molar-refractivity contribution in [1.82, 2.24) is 4.72 Å². The lowest BCUT2D eigenvalue weighted by Gasteiger charge is -2.18. The summed E-state index contributed by atoms with van der Waals surface area (Å²) >= 11 is 3.28. The summed E-state index contributed by atoms with van der Waals surface area (Å²) in [6.45, 7) is 5.06. The van der Waals surface area contributed by atoms with E-state index >= 15 is 0 Å². The highest BCUT2D eigenvalue weighted by Crippen LogP contribution is 2.20. The predicted octanol–water partition coefficient (Wildman–Crippen LogP) is 2.15. The molecule has 2 N–H and O–H groups in total. The zero-order valence-corrected chi connectivity index (χ0v) is 13.2. The van der Waals surface area contributed by atoms with Crippen LogP contribution in [0.4, 0.5) is 0 Å². The molecule has 0 aliphatic carbocycles. The third-order valence-electron chi connectivity index (χ3n) is 2.65. The average Bonchev–Trinajstić information content (AvgIpc) is 2.28. The summed E-state index contributed by atoms with van der Waals surface area (Å²) in [5.41, 5.74) is 0.763. The third-order valence-corrected chi connectivity index (χ3v) is 4.98. The number of carboxylic acid groups (broad SMARTS) is 1. The van der Waals surface area contributed by atoms with E-state index in [1.807, 2.05) is 0 Å². The van der Waals surface area contributed by atoms with Gasteiger partial charge in [-0.05, 0) is 36.6 Å². The lowest BCUT2D eigenvalue weighted by Crippen LogP contribution is -2.44. The Morgan fingerprint density at radius 2 is 1.95 bits per heavy atom. The van der Waals surface area contributed by atoms with Crippen molar-refractivity contribution in [3.63, 3.8) is 0 Å². The van der Waals surface area contributed by atoms with E-state index in [1.54, 1.807) is 26.8 Å². The summed E-state index contributed by atoms with van der Waals surface area (Å²) in [4.78, 5) is 11.1. The quantitative estimate of drug-likeness (QED) is 0.852. The first-order chi connectivity index (χ1) is 8.65. The summed E-state index contributed by atoms with van der Waals surface area (Å²) < 4.78 is 27.3. The van der Waals surface area contributed by atoms with Crippen molar-refractivity contribution in [2.45, 2.75) is 31.7 Å². The highest BCUT2D eigenvalue weighted by molar-refractivity contribution is 9.10. The molecule has 0 heterocycles. The molecule has 1 rings (SSSR count). The van der Waals surface area contributed by atoms with Gasteiger partial charge in [0.05, 0.1) is 4.90 Å². The van der Waals surface area contributed by atoms with Gasteiger partial charge in [0, 0.05) is 4.47 Å². The van der Waals surface area contributed by atoms with E-state index in [1.165, 1.54) is 12.1 Å². The number of nitrogens with one attached hydrogen (secondary N) is 1. The molecule has 0 bridgehead atoms. The minimum absolute atomic E-state index is 0.0556. The van der Waals surface area contributed by atoms with Crippen LogP contribution in [0.1, 0.15) is 19.4 Å². The molecule has 0 saturated carbocycles. The van der Waals surface area contributed by atoms with Crippen LogP contribution in [0.3, 0.4) is 0 Å². The van der Waals surface area contributed by atoms with Crippen LogP contribution in [0, 0.1) is 12.8 Å². The standard InChI is InChI=1S/C12H16BrNO4S/c1-7(2)11(12(15)16)14-19(17,18)9-4-5-10(13)8(3)6-9/h4-7,11,14H,1-3H3,(H,15,16)/t11-/m1/s1. The predicted molar refractivity (Wildman–Crippen MR) is 75.5 cm³/mol. The maximum absolute atomic E-state index is 12.1. The van der Waals surface area contributed by atoms with E-state index in [2.05, 4.69) is 20.7 Å². The van der Waals surface area contributed by atoms with Gasteiger partial charge in [0.2, 0.25) is 10.0 Å². The molecule has 0 aliphatic heterocycles.